The van der Waals surface area contributed by atoms with E-state index < -0.39 is 5.97 Å². The molecule has 0 unspecified atom stereocenters. The monoisotopic (exact) mass is 271 g/mol. The SMILES string of the molecule is CCOc1ccc(CCc2ccc(C(=O)O)nc2)cc1. The summed E-state index contributed by atoms with van der Waals surface area (Å²) in [6, 6.07) is 11.4. The molecule has 1 N–H and O–H groups in total. The van der Waals surface area contributed by atoms with Gasteiger partial charge >= 0.3 is 5.97 Å². The van der Waals surface area contributed by atoms with E-state index in [4.69, 9.17) is 9.84 Å². The highest BCUT2D eigenvalue weighted by Crippen LogP contribution is 2.14. The molecule has 0 atom stereocenters. The number of carbonyl (C=O) groups is 1. The Balaban J connectivity index is 1.92. The number of benzene rings is 1. The smallest absolute Gasteiger partial charge is 0.354 e. The molecule has 0 radical (unpaired) electrons. The number of nitrogens with zero attached hydrogens (tertiary/aromatic N) is 1. The minimum Gasteiger partial charge on any atom is -0.494 e. The molecular formula is C16H17NO3. The van der Waals surface area contributed by atoms with Gasteiger partial charge in [0.15, 0.2) is 0 Å². The van der Waals surface area contributed by atoms with E-state index in [0.717, 1.165) is 24.2 Å². The Morgan fingerprint density at radius 3 is 2.30 bits per heavy atom. The normalized spacial score (nSPS) is 10.2. The molecule has 1 heterocycles. The number of ether oxygens (including phenoxy) is 1. The molecule has 2 rings (SSSR count). The molecule has 4 heteroatoms. The van der Waals surface area contributed by atoms with Gasteiger partial charge < -0.3 is 9.84 Å². The number of hydrogen-bond donors (Lipinski definition) is 1. The summed E-state index contributed by atoms with van der Waals surface area (Å²) in [6.07, 6.45) is 3.35. The summed E-state index contributed by atoms with van der Waals surface area (Å²) in [6.45, 7) is 2.63. The molecule has 0 aliphatic heterocycles. The van der Waals surface area contributed by atoms with E-state index in [1.165, 1.54) is 11.6 Å². The van der Waals surface area contributed by atoms with E-state index in [9.17, 15) is 4.79 Å². The van der Waals surface area contributed by atoms with Crippen molar-refractivity contribution in [1.29, 1.82) is 0 Å². The molecule has 0 spiro atoms. The predicted molar refractivity (Wildman–Crippen MR) is 76.2 cm³/mol. The number of aromatic carboxylic acids is 1. The van der Waals surface area contributed by atoms with Gasteiger partial charge in [0.05, 0.1) is 6.61 Å². The van der Waals surface area contributed by atoms with Crippen LogP contribution in [0.1, 0.15) is 28.5 Å². The molecule has 0 fully saturated rings. The van der Waals surface area contributed by atoms with Gasteiger partial charge in [-0.05, 0) is 49.1 Å². The van der Waals surface area contributed by atoms with Crippen LogP contribution < -0.4 is 4.74 Å². The second-order valence-corrected chi connectivity index (χ2v) is 4.43. The van der Waals surface area contributed by atoms with Crippen molar-refractivity contribution in [3.05, 3.63) is 59.4 Å². The summed E-state index contributed by atoms with van der Waals surface area (Å²) in [5, 5.41) is 8.78. The minimum atomic E-state index is -0.997. The van der Waals surface area contributed by atoms with Gasteiger partial charge in [-0.1, -0.05) is 18.2 Å². The van der Waals surface area contributed by atoms with Gasteiger partial charge in [0.1, 0.15) is 11.4 Å². The summed E-state index contributed by atoms with van der Waals surface area (Å²) in [4.78, 5) is 14.6. The topological polar surface area (TPSA) is 59.4 Å². The summed E-state index contributed by atoms with van der Waals surface area (Å²) in [5.41, 5.74) is 2.33. The predicted octanol–water partition coefficient (Wildman–Crippen LogP) is 2.96. The Kier molecular flexibility index (Phi) is 4.71. The number of carboxylic acid groups (broad SMARTS) is 1. The summed E-state index contributed by atoms with van der Waals surface area (Å²) < 4.78 is 5.39. The summed E-state index contributed by atoms with van der Waals surface area (Å²) in [5.74, 6) is -0.119. The van der Waals surface area contributed by atoms with Gasteiger partial charge in [0, 0.05) is 6.20 Å². The van der Waals surface area contributed by atoms with Crippen molar-refractivity contribution < 1.29 is 14.6 Å². The molecule has 0 saturated heterocycles. The molecule has 0 aliphatic carbocycles. The van der Waals surface area contributed by atoms with Crippen LogP contribution in [0.25, 0.3) is 0 Å². The lowest BCUT2D eigenvalue weighted by molar-refractivity contribution is 0.0690. The highest BCUT2D eigenvalue weighted by atomic mass is 16.5. The Hall–Kier alpha value is -2.36. The van der Waals surface area contributed by atoms with E-state index in [2.05, 4.69) is 4.98 Å². The molecule has 2 aromatic rings. The van der Waals surface area contributed by atoms with Crippen molar-refractivity contribution in [2.45, 2.75) is 19.8 Å². The molecule has 20 heavy (non-hydrogen) atoms. The first kappa shape index (κ1) is 14.1. The molecule has 0 aliphatic rings. The van der Waals surface area contributed by atoms with Gasteiger partial charge in [0.25, 0.3) is 0 Å². The van der Waals surface area contributed by atoms with Crippen molar-refractivity contribution in [2.24, 2.45) is 0 Å². The van der Waals surface area contributed by atoms with Crippen LogP contribution in [0, 0.1) is 0 Å². The average Bonchev–Trinajstić information content (AvgIpc) is 2.47. The third-order valence-electron chi connectivity index (χ3n) is 2.98. The quantitative estimate of drug-likeness (QED) is 0.877. The van der Waals surface area contributed by atoms with Crippen LogP contribution in [0.2, 0.25) is 0 Å². The maximum absolute atomic E-state index is 10.7. The summed E-state index contributed by atoms with van der Waals surface area (Å²) >= 11 is 0. The molecular weight excluding hydrogens is 254 g/mol. The standard InChI is InChI=1S/C16H17NO3/c1-2-20-14-8-5-12(6-9-14)3-4-13-7-10-15(16(18)19)17-11-13/h5-11H,2-4H2,1H3,(H,18,19). The van der Waals surface area contributed by atoms with Crippen molar-refractivity contribution in [3.8, 4) is 5.75 Å². The van der Waals surface area contributed by atoms with E-state index in [0.29, 0.717) is 6.61 Å². The second-order valence-electron chi connectivity index (χ2n) is 4.43. The van der Waals surface area contributed by atoms with Crippen LogP contribution in [0.15, 0.2) is 42.6 Å². The van der Waals surface area contributed by atoms with Crippen LogP contribution in [0.3, 0.4) is 0 Å². The zero-order valence-electron chi connectivity index (χ0n) is 11.4. The van der Waals surface area contributed by atoms with E-state index in [1.807, 2.05) is 37.3 Å². The van der Waals surface area contributed by atoms with Gasteiger partial charge in [-0.25, -0.2) is 9.78 Å². The number of carboxylic acids is 1. The lowest BCUT2D eigenvalue weighted by atomic mass is 10.1. The fraction of sp³-hybridized carbons (Fsp3) is 0.250. The van der Waals surface area contributed by atoms with Gasteiger partial charge in [-0.2, -0.15) is 0 Å². The molecule has 0 amide bonds. The Morgan fingerprint density at radius 2 is 1.75 bits per heavy atom. The van der Waals surface area contributed by atoms with Crippen LogP contribution in [0.5, 0.6) is 5.75 Å². The lowest BCUT2D eigenvalue weighted by Gasteiger charge is -2.05. The first-order valence-electron chi connectivity index (χ1n) is 6.59. The molecule has 4 nitrogen and oxygen atoms in total. The van der Waals surface area contributed by atoms with Crippen molar-refractivity contribution in [1.82, 2.24) is 4.98 Å². The minimum absolute atomic E-state index is 0.0785. The Morgan fingerprint density at radius 1 is 1.10 bits per heavy atom. The van der Waals surface area contributed by atoms with E-state index in [1.54, 1.807) is 6.20 Å². The lowest BCUT2D eigenvalue weighted by Crippen LogP contribution is -2.01. The fourth-order valence-corrected chi connectivity index (χ4v) is 1.91. The number of rotatable bonds is 6. The third-order valence-corrected chi connectivity index (χ3v) is 2.98. The highest BCUT2D eigenvalue weighted by Gasteiger charge is 2.03. The van der Waals surface area contributed by atoms with E-state index in [-0.39, 0.29) is 5.69 Å². The molecule has 104 valence electrons. The van der Waals surface area contributed by atoms with Crippen LogP contribution in [-0.4, -0.2) is 22.7 Å². The van der Waals surface area contributed by atoms with Crippen LogP contribution in [0.4, 0.5) is 0 Å². The Labute approximate surface area is 118 Å². The summed E-state index contributed by atoms with van der Waals surface area (Å²) in [7, 11) is 0. The second kappa shape index (κ2) is 6.70. The Bertz CT molecular complexity index is 561. The van der Waals surface area contributed by atoms with Crippen molar-refractivity contribution >= 4 is 5.97 Å². The molecule has 1 aromatic carbocycles. The first-order chi connectivity index (χ1) is 9.69. The van der Waals surface area contributed by atoms with Crippen LogP contribution >= 0.6 is 0 Å². The van der Waals surface area contributed by atoms with E-state index >= 15 is 0 Å². The zero-order valence-corrected chi connectivity index (χ0v) is 11.4. The maximum Gasteiger partial charge on any atom is 0.354 e. The number of pyridine rings is 1. The number of aromatic nitrogens is 1. The third kappa shape index (κ3) is 3.82. The number of aryl methyl sites for hydroxylation is 2. The maximum atomic E-state index is 10.7. The van der Waals surface area contributed by atoms with Gasteiger partial charge in [0.2, 0.25) is 0 Å². The largest absolute Gasteiger partial charge is 0.494 e. The zero-order chi connectivity index (χ0) is 14.4. The molecule has 0 saturated carbocycles. The molecule has 0 bridgehead atoms. The first-order valence-corrected chi connectivity index (χ1v) is 6.59. The van der Waals surface area contributed by atoms with Gasteiger partial charge in [-0.3, -0.25) is 0 Å². The average molecular weight is 271 g/mol. The van der Waals surface area contributed by atoms with Crippen LogP contribution in [-0.2, 0) is 12.8 Å². The van der Waals surface area contributed by atoms with Crippen molar-refractivity contribution in [2.75, 3.05) is 6.61 Å². The molecule has 1 aromatic heterocycles. The fourth-order valence-electron chi connectivity index (χ4n) is 1.91. The number of hydrogen-bond acceptors (Lipinski definition) is 3. The van der Waals surface area contributed by atoms with Crippen molar-refractivity contribution in [3.63, 3.8) is 0 Å². The highest BCUT2D eigenvalue weighted by molar-refractivity contribution is 5.85. The van der Waals surface area contributed by atoms with Gasteiger partial charge in [-0.15, -0.1) is 0 Å².